The fraction of sp³-hybridized carbons (Fsp3) is 0.467. The van der Waals surface area contributed by atoms with E-state index in [0.29, 0.717) is 5.92 Å². The Morgan fingerprint density at radius 3 is 3.16 bits per heavy atom. The number of amides is 1. The number of nitrogens with one attached hydrogen (secondary N) is 1. The predicted molar refractivity (Wildman–Crippen MR) is 73.1 cm³/mol. The van der Waals surface area contributed by atoms with E-state index < -0.39 is 0 Å². The Labute approximate surface area is 112 Å². The number of carbonyl (C=O) groups excluding carboxylic acids is 1. The molecule has 1 aliphatic rings. The topological polar surface area (TPSA) is 55.1 Å². The average Bonchev–Trinajstić information content (AvgIpc) is 2.90. The van der Waals surface area contributed by atoms with Crippen molar-refractivity contribution in [2.24, 2.45) is 0 Å². The molecule has 0 spiro atoms. The molecule has 4 nitrogen and oxygen atoms in total. The van der Waals surface area contributed by atoms with Gasteiger partial charge < -0.3 is 9.73 Å². The summed E-state index contributed by atoms with van der Waals surface area (Å²) in [6, 6.07) is 4.21. The SMILES string of the molecule is CC(=O)NCC[C@@H]1CCc2ccc3nc(C)oc3c21. The summed E-state index contributed by atoms with van der Waals surface area (Å²) in [5.74, 6) is 1.22. The molecule has 1 N–H and O–H groups in total. The average molecular weight is 258 g/mol. The first-order chi connectivity index (χ1) is 9.15. The van der Waals surface area contributed by atoms with E-state index in [1.54, 1.807) is 6.92 Å². The predicted octanol–water partition coefficient (Wildman–Crippen LogP) is 2.69. The standard InChI is InChI=1S/C15H18N2O2/c1-9(18)16-8-7-12-4-3-11-5-6-13-15(14(11)12)19-10(2)17-13/h5-6,12H,3-4,7-8H2,1-2H3,(H,16,18)/t12-/m0/s1. The molecule has 0 fully saturated rings. The van der Waals surface area contributed by atoms with Crippen molar-refractivity contribution in [2.75, 3.05) is 6.54 Å². The highest BCUT2D eigenvalue weighted by molar-refractivity contribution is 5.79. The second-order valence-corrected chi connectivity index (χ2v) is 5.23. The van der Waals surface area contributed by atoms with E-state index in [9.17, 15) is 4.79 Å². The van der Waals surface area contributed by atoms with Crippen LogP contribution in [0.5, 0.6) is 0 Å². The number of hydrogen-bond acceptors (Lipinski definition) is 3. The Bertz CT molecular complexity index is 630. The van der Waals surface area contributed by atoms with Crippen LogP contribution in [0.15, 0.2) is 16.5 Å². The van der Waals surface area contributed by atoms with E-state index in [-0.39, 0.29) is 5.91 Å². The molecule has 0 aliphatic heterocycles. The van der Waals surface area contributed by atoms with Crippen molar-refractivity contribution in [1.29, 1.82) is 0 Å². The molecule has 2 aromatic rings. The van der Waals surface area contributed by atoms with Crippen molar-refractivity contribution >= 4 is 17.0 Å². The summed E-state index contributed by atoms with van der Waals surface area (Å²) >= 11 is 0. The first kappa shape index (κ1) is 12.2. The second kappa shape index (κ2) is 4.68. The zero-order valence-corrected chi connectivity index (χ0v) is 11.3. The molecule has 1 atom stereocenters. The minimum Gasteiger partial charge on any atom is -0.441 e. The quantitative estimate of drug-likeness (QED) is 0.921. The van der Waals surface area contributed by atoms with Crippen LogP contribution in [0.1, 0.15) is 42.7 Å². The smallest absolute Gasteiger partial charge is 0.216 e. The summed E-state index contributed by atoms with van der Waals surface area (Å²) in [4.78, 5) is 15.3. The van der Waals surface area contributed by atoms with E-state index in [0.717, 1.165) is 42.8 Å². The first-order valence-electron chi connectivity index (χ1n) is 6.78. The molecule has 1 aromatic carbocycles. The van der Waals surface area contributed by atoms with Gasteiger partial charge >= 0.3 is 0 Å². The maximum Gasteiger partial charge on any atom is 0.216 e. The van der Waals surface area contributed by atoms with Crippen molar-refractivity contribution < 1.29 is 9.21 Å². The molecule has 0 saturated carbocycles. The zero-order chi connectivity index (χ0) is 13.4. The molecule has 0 saturated heterocycles. The summed E-state index contributed by atoms with van der Waals surface area (Å²) in [5.41, 5.74) is 4.57. The summed E-state index contributed by atoms with van der Waals surface area (Å²) < 4.78 is 5.77. The summed E-state index contributed by atoms with van der Waals surface area (Å²) in [7, 11) is 0. The Balaban J connectivity index is 1.89. The molecule has 19 heavy (non-hydrogen) atoms. The van der Waals surface area contributed by atoms with E-state index in [2.05, 4.69) is 16.4 Å². The lowest BCUT2D eigenvalue weighted by molar-refractivity contribution is -0.118. The number of aryl methyl sites for hydroxylation is 2. The van der Waals surface area contributed by atoms with Crippen molar-refractivity contribution in [3.05, 3.63) is 29.2 Å². The van der Waals surface area contributed by atoms with E-state index >= 15 is 0 Å². The minimum atomic E-state index is 0.0342. The van der Waals surface area contributed by atoms with Gasteiger partial charge in [0.15, 0.2) is 11.5 Å². The molecule has 100 valence electrons. The third-order valence-corrected chi connectivity index (χ3v) is 3.83. The largest absolute Gasteiger partial charge is 0.441 e. The maximum absolute atomic E-state index is 10.9. The number of rotatable bonds is 3. The lowest BCUT2D eigenvalue weighted by Crippen LogP contribution is -2.22. The third kappa shape index (κ3) is 2.23. The van der Waals surface area contributed by atoms with Crippen molar-refractivity contribution in [1.82, 2.24) is 10.3 Å². The monoisotopic (exact) mass is 258 g/mol. The lowest BCUT2D eigenvalue weighted by Gasteiger charge is -2.11. The van der Waals surface area contributed by atoms with Gasteiger partial charge in [0, 0.05) is 26.0 Å². The molecule has 3 rings (SSSR count). The molecule has 1 amide bonds. The van der Waals surface area contributed by atoms with Crippen LogP contribution in [0.4, 0.5) is 0 Å². The van der Waals surface area contributed by atoms with Gasteiger partial charge in [-0.05, 0) is 36.8 Å². The summed E-state index contributed by atoms with van der Waals surface area (Å²) in [6.45, 7) is 4.16. The van der Waals surface area contributed by atoms with Gasteiger partial charge in [0.2, 0.25) is 5.91 Å². The number of oxazole rings is 1. The zero-order valence-electron chi connectivity index (χ0n) is 11.3. The number of carbonyl (C=O) groups is 1. The normalized spacial score (nSPS) is 17.7. The van der Waals surface area contributed by atoms with Gasteiger partial charge in [-0.3, -0.25) is 4.79 Å². The fourth-order valence-corrected chi connectivity index (χ4v) is 3.02. The Hall–Kier alpha value is -1.84. The maximum atomic E-state index is 10.9. The van der Waals surface area contributed by atoms with Gasteiger partial charge in [-0.25, -0.2) is 4.98 Å². The number of aromatic nitrogens is 1. The summed E-state index contributed by atoms with van der Waals surface area (Å²) in [6.07, 6.45) is 3.19. The number of benzene rings is 1. The Morgan fingerprint density at radius 1 is 1.53 bits per heavy atom. The van der Waals surface area contributed by atoms with Crippen molar-refractivity contribution in [3.63, 3.8) is 0 Å². The molecule has 1 aromatic heterocycles. The molecule has 0 bridgehead atoms. The van der Waals surface area contributed by atoms with Gasteiger partial charge in [-0.1, -0.05) is 6.07 Å². The first-order valence-corrected chi connectivity index (χ1v) is 6.78. The van der Waals surface area contributed by atoms with Crippen LogP contribution in [0.3, 0.4) is 0 Å². The van der Waals surface area contributed by atoms with Crippen LogP contribution in [0.2, 0.25) is 0 Å². The van der Waals surface area contributed by atoms with Crippen LogP contribution in [0.25, 0.3) is 11.1 Å². The number of hydrogen-bond donors (Lipinski definition) is 1. The molecule has 1 heterocycles. The molecular weight excluding hydrogens is 240 g/mol. The third-order valence-electron chi connectivity index (χ3n) is 3.83. The molecule has 1 aliphatic carbocycles. The molecule has 4 heteroatoms. The van der Waals surface area contributed by atoms with Gasteiger partial charge in [-0.2, -0.15) is 0 Å². The second-order valence-electron chi connectivity index (χ2n) is 5.23. The van der Waals surface area contributed by atoms with Gasteiger partial charge in [-0.15, -0.1) is 0 Å². The summed E-state index contributed by atoms with van der Waals surface area (Å²) in [5, 5.41) is 2.87. The molecular formula is C15H18N2O2. The van der Waals surface area contributed by atoms with Gasteiger partial charge in [0.1, 0.15) is 5.52 Å². The number of fused-ring (bicyclic) bond motifs is 3. The Kier molecular flexibility index (Phi) is 3.01. The highest BCUT2D eigenvalue weighted by atomic mass is 16.3. The Morgan fingerprint density at radius 2 is 2.37 bits per heavy atom. The van der Waals surface area contributed by atoms with Crippen LogP contribution >= 0.6 is 0 Å². The van der Waals surface area contributed by atoms with E-state index in [1.807, 2.05) is 13.0 Å². The van der Waals surface area contributed by atoms with E-state index in [1.165, 1.54) is 11.1 Å². The van der Waals surface area contributed by atoms with Crippen LogP contribution in [-0.2, 0) is 11.2 Å². The van der Waals surface area contributed by atoms with Gasteiger partial charge in [0.25, 0.3) is 0 Å². The van der Waals surface area contributed by atoms with Crippen molar-refractivity contribution in [3.8, 4) is 0 Å². The van der Waals surface area contributed by atoms with Crippen molar-refractivity contribution in [2.45, 2.75) is 39.0 Å². The minimum absolute atomic E-state index is 0.0342. The lowest BCUT2D eigenvalue weighted by atomic mass is 9.97. The van der Waals surface area contributed by atoms with Crippen LogP contribution in [-0.4, -0.2) is 17.4 Å². The van der Waals surface area contributed by atoms with Crippen LogP contribution in [0, 0.1) is 6.92 Å². The highest BCUT2D eigenvalue weighted by Crippen LogP contribution is 2.40. The number of nitrogens with zero attached hydrogens (tertiary/aromatic N) is 1. The highest BCUT2D eigenvalue weighted by Gasteiger charge is 2.26. The van der Waals surface area contributed by atoms with E-state index in [4.69, 9.17) is 4.42 Å². The molecule has 0 unspecified atom stereocenters. The molecule has 0 radical (unpaired) electrons. The fourth-order valence-electron chi connectivity index (χ4n) is 3.02. The van der Waals surface area contributed by atoms with Crippen LogP contribution < -0.4 is 5.32 Å². The van der Waals surface area contributed by atoms with Gasteiger partial charge in [0.05, 0.1) is 0 Å².